The average molecular weight is 231 g/mol. The van der Waals surface area contributed by atoms with Crippen LogP contribution in [-0.2, 0) is 5.54 Å². The zero-order valence-electron chi connectivity index (χ0n) is 7.38. The molecule has 3 N–H and O–H groups in total. The summed E-state index contributed by atoms with van der Waals surface area (Å²) in [5.41, 5.74) is 4.55. The Bertz CT molecular complexity index is 410. The minimum Gasteiger partial charge on any atom is -0.506 e. The minimum atomic E-state index is -1.31. The van der Waals surface area contributed by atoms with E-state index in [-0.39, 0.29) is 16.3 Å². The van der Waals surface area contributed by atoms with E-state index in [0.29, 0.717) is 5.02 Å². The number of hydrogen-bond donors (Lipinski definition) is 2. The van der Waals surface area contributed by atoms with Crippen molar-refractivity contribution in [3.63, 3.8) is 0 Å². The van der Waals surface area contributed by atoms with Crippen LogP contribution in [0, 0.1) is 11.3 Å². The third kappa shape index (κ3) is 1.93. The maximum absolute atomic E-state index is 9.57. The molecule has 5 heteroatoms. The fourth-order valence-corrected chi connectivity index (χ4v) is 1.52. The lowest BCUT2D eigenvalue weighted by Gasteiger charge is -2.18. The summed E-state index contributed by atoms with van der Waals surface area (Å²) in [6, 6.07) is 4.66. The number of phenols is 1. The molecule has 3 nitrogen and oxygen atoms in total. The highest BCUT2D eigenvalue weighted by molar-refractivity contribution is 6.35. The second-order valence-electron chi connectivity index (χ2n) is 3.10. The van der Waals surface area contributed by atoms with Crippen molar-refractivity contribution in [1.29, 1.82) is 5.26 Å². The summed E-state index contributed by atoms with van der Waals surface area (Å²) in [7, 11) is 0. The van der Waals surface area contributed by atoms with Gasteiger partial charge in [0.25, 0.3) is 0 Å². The highest BCUT2D eigenvalue weighted by Crippen LogP contribution is 2.36. The van der Waals surface area contributed by atoms with Gasteiger partial charge < -0.3 is 10.8 Å². The van der Waals surface area contributed by atoms with Gasteiger partial charge in [-0.3, -0.25) is 0 Å². The van der Waals surface area contributed by atoms with Crippen molar-refractivity contribution in [2.75, 3.05) is 0 Å². The summed E-state index contributed by atoms with van der Waals surface area (Å²) in [5, 5.41) is 18.8. The summed E-state index contributed by atoms with van der Waals surface area (Å²) < 4.78 is 0. The van der Waals surface area contributed by atoms with E-state index < -0.39 is 5.54 Å². The molecule has 0 aliphatic carbocycles. The molecule has 0 saturated carbocycles. The van der Waals surface area contributed by atoms with Crippen LogP contribution in [-0.4, -0.2) is 5.11 Å². The molecule has 0 bridgehead atoms. The van der Waals surface area contributed by atoms with E-state index in [1.54, 1.807) is 0 Å². The number of phenolic OH excluding ortho intramolecular Hbond substituents is 1. The fraction of sp³-hybridized carbons (Fsp3) is 0.222. The van der Waals surface area contributed by atoms with Gasteiger partial charge in [-0.1, -0.05) is 23.2 Å². The predicted octanol–water partition coefficient (Wildman–Crippen LogP) is 2.40. The van der Waals surface area contributed by atoms with Gasteiger partial charge in [-0.2, -0.15) is 5.26 Å². The summed E-state index contributed by atoms with van der Waals surface area (Å²) in [6.07, 6.45) is 0. The first-order chi connectivity index (χ1) is 6.38. The van der Waals surface area contributed by atoms with E-state index in [0.717, 1.165) is 0 Å². The molecule has 0 amide bonds. The quantitative estimate of drug-likeness (QED) is 0.779. The molecule has 0 radical (unpaired) electrons. The molecule has 1 atom stereocenters. The van der Waals surface area contributed by atoms with Crippen molar-refractivity contribution in [2.45, 2.75) is 12.5 Å². The standard InChI is InChI=1S/C9H8Cl2N2O/c1-9(13,4-12)6-2-5(10)3-7(11)8(6)14/h2-3,14H,13H2,1H3/t9-/m1/s1. The molecule has 0 heterocycles. The molecule has 14 heavy (non-hydrogen) atoms. The second-order valence-corrected chi connectivity index (χ2v) is 3.94. The summed E-state index contributed by atoms with van der Waals surface area (Å²) in [6.45, 7) is 1.47. The molecule has 0 saturated heterocycles. The second kappa shape index (κ2) is 3.66. The SMILES string of the molecule is C[C@@](N)(C#N)c1cc(Cl)cc(Cl)c1O. The van der Waals surface area contributed by atoms with Crippen LogP contribution in [0.5, 0.6) is 5.75 Å². The number of halogens is 2. The highest BCUT2D eigenvalue weighted by atomic mass is 35.5. The smallest absolute Gasteiger partial charge is 0.140 e. The number of benzene rings is 1. The van der Waals surface area contributed by atoms with Gasteiger partial charge in [0.15, 0.2) is 0 Å². The molecule has 0 spiro atoms. The molecule has 1 aromatic rings. The van der Waals surface area contributed by atoms with Crippen molar-refractivity contribution in [1.82, 2.24) is 0 Å². The van der Waals surface area contributed by atoms with Gasteiger partial charge in [0.2, 0.25) is 0 Å². The van der Waals surface area contributed by atoms with Crippen LogP contribution in [0.25, 0.3) is 0 Å². The van der Waals surface area contributed by atoms with Gasteiger partial charge in [-0.15, -0.1) is 0 Å². The Labute approximate surface area is 91.7 Å². The number of rotatable bonds is 1. The van der Waals surface area contributed by atoms with Crippen molar-refractivity contribution in [3.05, 3.63) is 27.7 Å². The average Bonchev–Trinajstić information content (AvgIpc) is 2.11. The molecular formula is C9H8Cl2N2O. The Balaban J connectivity index is 3.44. The molecular weight excluding hydrogens is 223 g/mol. The molecule has 0 unspecified atom stereocenters. The Morgan fingerprint density at radius 1 is 1.50 bits per heavy atom. The van der Waals surface area contributed by atoms with Crippen LogP contribution < -0.4 is 5.73 Å². The monoisotopic (exact) mass is 230 g/mol. The summed E-state index contributed by atoms with van der Waals surface area (Å²) in [5.74, 6) is -0.206. The molecule has 0 aliphatic rings. The number of aromatic hydroxyl groups is 1. The normalized spacial score (nSPS) is 14.5. The van der Waals surface area contributed by atoms with Crippen molar-refractivity contribution < 1.29 is 5.11 Å². The van der Waals surface area contributed by atoms with Crippen molar-refractivity contribution in [2.24, 2.45) is 5.73 Å². The Kier molecular flexibility index (Phi) is 2.91. The lowest BCUT2D eigenvalue weighted by atomic mass is 9.94. The van der Waals surface area contributed by atoms with Crippen LogP contribution in [0.3, 0.4) is 0 Å². The third-order valence-corrected chi connectivity index (χ3v) is 2.33. The topological polar surface area (TPSA) is 70.0 Å². The molecule has 0 aliphatic heterocycles. The molecule has 0 aromatic heterocycles. The molecule has 1 aromatic carbocycles. The van der Waals surface area contributed by atoms with E-state index in [4.69, 9.17) is 34.2 Å². The highest BCUT2D eigenvalue weighted by Gasteiger charge is 2.25. The Hall–Kier alpha value is -0.950. The first-order valence-corrected chi connectivity index (χ1v) is 4.52. The van der Waals surface area contributed by atoms with Gasteiger partial charge in [0, 0.05) is 10.6 Å². The largest absolute Gasteiger partial charge is 0.506 e. The van der Waals surface area contributed by atoms with E-state index in [9.17, 15) is 5.11 Å². The fourth-order valence-electron chi connectivity index (χ4n) is 1.02. The number of nitriles is 1. The van der Waals surface area contributed by atoms with Gasteiger partial charge in [-0.05, 0) is 19.1 Å². The lowest BCUT2D eigenvalue weighted by molar-refractivity contribution is 0.454. The first-order valence-electron chi connectivity index (χ1n) is 3.77. The minimum absolute atomic E-state index is 0.0828. The zero-order chi connectivity index (χ0) is 10.9. The maximum atomic E-state index is 9.57. The molecule has 74 valence electrons. The first kappa shape index (κ1) is 11.1. The van der Waals surface area contributed by atoms with Gasteiger partial charge >= 0.3 is 0 Å². The van der Waals surface area contributed by atoms with Crippen LogP contribution in [0.2, 0.25) is 10.0 Å². The number of nitrogens with two attached hydrogens (primary N) is 1. The van der Waals surface area contributed by atoms with Gasteiger partial charge in [0.1, 0.15) is 11.3 Å². The molecule has 1 rings (SSSR count). The van der Waals surface area contributed by atoms with Crippen LogP contribution in [0.4, 0.5) is 0 Å². The van der Waals surface area contributed by atoms with Gasteiger partial charge in [0.05, 0.1) is 11.1 Å². The van der Waals surface area contributed by atoms with E-state index in [1.165, 1.54) is 19.1 Å². The maximum Gasteiger partial charge on any atom is 0.140 e. The Morgan fingerprint density at radius 3 is 2.57 bits per heavy atom. The van der Waals surface area contributed by atoms with Crippen LogP contribution >= 0.6 is 23.2 Å². The Morgan fingerprint density at radius 2 is 2.07 bits per heavy atom. The summed E-state index contributed by atoms with van der Waals surface area (Å²) >= 11 is 11.4. The lowest BCUT2D eigenvalue weighted by Crippen LogP contribution is -2.30. The van der Waals surface area contributed by atoms with Crippen LogP contribution in [0.1, 0.15) is 12.5 Å². The number of nitrogens with zero attached hydrogens (tertiary/aromatic N) is 1. The van der Waals surface area contributed by atoms with E-state index in [1.807, 2.05) is 6.07 Å². The molecule has 0 fully saturated rings. The van der Waals surface area contributed by atoms with Gasteiger partial charge in [-0.25, -0.2) is 0 Å². The van der Waals surface area contributed by atoms with Crippen molar-refractivity contribution >= 4 is 23.2 Å². The number of hydrogen-bond acceptors (Lipinski definition) is 3. The zero-order valence-corrected chi connectivity index (χ0v) is 8.89. The van der Waals surface area contributed by atoms with Crippen LogP contribution in [0.15, 0.2) is 12.1 Å². The van der Waals surface area contributed by atoms with Crippen molar-refractivity contribution in [3.8, 4) is 11.8 Å². The van der Waals surface area contributed by atoms with E-state index >= 15 is 0 Å². The third-order valence-electron chi connectivity index (χ3n) is 1.82. The summed E-state index contributed by atoms with van der Waals surface area (Å²) in [4.78, 5) is 0. The predicted molar refractivity (Wildman–Crippen MR) is 55.3 cm³/mol. The van der Waals surface area contributed by atoms with E-state index in [2.05, 4.69) is 0 Å².